The lowest BCUT2D eigenvalue weighted by atomic mass is 10.1. The molecule has 0 radical (unpaired) electrons. The molecule has 0 spiro atoms. The number of nitrogens with two attached hydrogens (primary N) is 1. The number of hydrogen-bond donors (Lipinski definition) is 3. The molecule has 0 aromatic heterocycles. The van der Waals surface area contributed by atoms with Crippen molar-refractivity contribution < 1.29 is 9.90 Å². The Labute approximate surface area is 105 Å². The molecule has 0 saturated heterocycles. The van der Waals surface area contributed by atoms with Crippen molar-refractivity contribution in [3.63, 3.8) is 0 Å². The molecule has 2 rings (SSSR count). The number of carbonyl (C=O) groups is 1. The molecule has 1 atom stereocenters. The number of amides is 1. The van der Waals surface area contributed by atoms with E-state index in [1.165, 1.54) is 0 Å². The Morgan fingerprint density at radius 3 is 2.89 bits per heavy atom. The molecular formula is C14H16N2O2. The summed E-state index contributed by atoms with van der Waals surface area (Å²) in [5.74, 6) is -0.0441. The number of phenolic OH excluding ortho intramolecular Hbond substituents is 1. The number of nitrogens with one attached hydrogen (secondary N) is 1. The number of aromatic hydroxyl groups is 1. The smallest absolute Gasteiger partial charge is 0.241 e. The fraction of sp³-hybridized carbons (Fsp3) is 0.214. The Morgan fingerprint density at radius 1 is 1.39 bits per heavy atom. The molecule has 0 heterocycles. The van der Waals surface area contributed by atoms with Crippen molar-refractivity contribution in [1.29, 1.82) is 0 Å². The summed E-state index contributed by atoms with van der Waals surface area (Å²) >= 11 is 0. The molecule has 2 aromatic rings. The van der Waals surface area contributed by atoms with Crippen LogP contribution >= 0.6 is 0 Å². The van der Waals surface area contributed by atoms with E-state index in [4.69, 9.17) is 5.73 Å². The second kappa shape index (κ2) is 5.06. The summed E-state index contributed by atoms with van der Waals surface area (Å²) in [6, 6.07) is 10.1. The van der Waals surface area contributed by atoms with Crippen molar-refractivity contribution in [2.45, 2.75) is 19.4 Å². The van der Waals surface area contributed by atoms with Crippen molar-refractivity contribution in [3.05, 3.63) is 36.4 Å². The van der Waals surface area contributed by atoms with Crippen molar-refractivity contribution >= 4 is 22.4 Å². The zero-order valence-electron chi connectivity index (χ0n) is 10.2. The van der Waals surface area contributed by atoms with Crippen LogP contribution in [0.2, 0.25) is 0 Å². The van der Waals surface area contributed by atoms with Gasteiger partial charge in [0.2, 0.25) is 5.91 Å². The number of hydrogen-bond acceptors (Lipinski definition) is 3. The maximum atomic E-state index is 11.8. The topological polar surface area (TPSA) is 75.4 Å². The van der Waals surface area contributed by atoms with Gasteiger partial charge in [-0.1, -0.05) is 25.1 Å². The van der Waals surface area contributed by atoms with Crippen LogP contribution in [-0.2, 0) is 4.79 Å². The highest BCUT2D eigenvalue weighted by molar-refractivity contribution is 6.04. The van der Waals surface area contributed by atoms with E-state index >= 15 is 0 Å². The average Bonchev–Trinajstić information content (AvgIpc) is 2.38. The third kappa shape index (κ3) is 2.43. The van der Waals surface area contributed by atoms with Gasteiger partial charge in [0.25, 0.3) is 0 Å². The lowest BCUT2D eigenvalue weighted by molar-refractivity contribution is -0.117. The molecule has 0 saturated carbocycles. The van der Waals surface area contributed by atoms with Crippen LogP contribution in [0.1, 0.15) is 13.3 Å². The first-order valence-corrected chi connectivity index (χ1v) is 5.90. The first kappa shape index (κ1) is 12.4. The third-order valence-electron chi connectivity index (χ3n) is 2.90. The Balaban J connectivity index is 2.39. The largest absolute Gasteiger partial charge is 0.508 e. The molecule has 94 valence electrons. The Hall–Kier alpha value is -2.07. The van der Waals surface area contributed by atoms with Gasteiger partial charge in [0, 0.05) is 11.1 Å². The molecule has 0 fully saturated rings. The average molecular weight is 244 g/mol. The Kier molecular flexibility index (Phi) is 3.48. The molecule has 4 nitrogen and oxygen atoms in total. The van der Waals surface area contributed by atoms with Crippen LogP contribution in [-0.4, -0.2) is 17.1 Å². The lowest BCUT2D eigenvalue weighted by Gasteiger charge is -2.12. The van der Waals surface area contributed by atoms with Gasteiger partial charge in [0.15, 0.2) is 0 Å². The fourth-order valence-corrected chi connectivity index (χ4v) is 1.78. The van der Waals surface area contributed by atoms with Crippen molar-refractivity contribution in [3.8, 4) is 5.75 Å². The second-order valence-electron chi connectivity index (χ2n) is 4.22. The summed E-state index contributed by atoms with van der Waals surface area (Å²) in [5, 5.41) is 14.0. The van der Waals surface area contributed by atoms with Gasteiger partial charge < -0.3 is 16.2 Å². The molecule has 2 aromatic carbocycles. The van der Waals surface area contributed by atoms with Gasteiger partial charge in [-0.05, 0) is 30.0 Å². The quantitative estimate of drug-likeness (QED) is 0.775. The zero-order valence-corrected chi connectivity index (χ0v) is 10.2. The Morgan fingerprint density at radius 2 is 2.17 bits per heavy atom. The number of phenols is 1. The van der Waals surface area contributed by atoms with Crippen LogP contribution in [0.25, 0.3) is 10.8 Å². The van der Waals surface area contributed by atoms with Gasteiger partial charge in [0.1, 0.15) is 5.75 Å². The number of benzene rings is 2. The summed E-state index contributed by atoms with van der Waals surface area (Å²) < 4.78 is 0. The van der Waals surface area contributed by atoms with Crippen LogP contribution in [0.5, 0.6) is 5.75 Å². The molecule has 4 heteroatoms. The molecule has 0 bridgehead atoms. The Bertz CT molecular complexity index is 581. The summed E-state index contributed by atoms with van der Waals surface area (Å²) in [6.45, 7) is 1.86. The summed E-state index contributed by atoms with van der Waals surface area (Å²) in [5.41, 5.74) is 6.34. The maximum Gasteiger partial charge on any atom is 0.241 e. The molecule has 0 aliphatic carbocycles. The standard InChI is InChI=1S/C14H16N2O2/c1-2-12(15)14(18)16-13-5-3-4-9-6-7-10(17)8-11(9)13/h3-8,12,17H,2,15H2,1H3,(H,16,18). The highest BCUT2D eigenvalue weighted by Gasteiger charge is 2.12. The second-order valence-corrected chi connectivity index (χ2v) is 4.22. The minimum atomic E-state index is -0.516. The van der Waals surface area contributed by atoms with E-state index in [2.05, 4.69) is 5.32 Å². The molecule has 0 aliphatic heterocycles. The predicted octanol–water partition coefficient (Wildman–Crippen LogP) is 2.22. The molecule has 1 amide bonds. The fourth-order valence-electron chi connectivity index (χ4n) is 1.78. The van der Waals surface area contributed by atoms with Crippen molar-refractivity contribution in [2.75, 3.05) is 5.32 Å². The molecule has 4 N–H and O–H groups in total. The highest BCUT2D eigenvalue weighted by Crippen LogP contribution is 2.26. The molecular weight excluding hydrogens is 228 g/mol. The van der Waals surface area contributed by atoms with Crippen LogP contribution in [0.3, 0.4) is 0 Å². The number of rotatable bonds is 3. The maximum absolute atomic E-state index is 11.8. The minimum Gasteiger partial charge on any atom is -0.508 e. The summed E-state index contributed by atoms with van der Waals surface area (Å²) in [4.78, 5) is 11.8. The van der Waals surface area contributed by atoms with Crippen LogP contribution in [0.4, 0.5) is 5.69 Å². The molecule has 0 aliphatic rings. The lowest BCUT2D eigenvalue weighted by Crippen LogP contribution is -2.34. The molecule has 1 unspecified atom stereocenters. The van der Waals surface area contributed by atoms with Gasteiger partial charge in [-0.15, -0.1) is 0 Å². The van der Waals surface area contributed by atoms with Gasteiger partial charge in [-0.25, -0.2) is 0 Å². The summed E-state index contributed by atoms with van der Waals surface area (Å²) in [7, 11) is 0. The predicted molar refractivity (Wildman–Crippen MR) is 72.5 cm³/mol. The monoisotopic (exact) mass is 244 g/mol. The minimum absolute atomic E-state index is 0.170. The van der Waals surface area contributed by atoms with E-state index in [-0.39, 0.29) is 11.7 Å². The first-order chi connectivity index (χ1) is 8.61. The number of fused-ring (bicyclic) bond motifs is 1. The van der Waals surface area contributed by atoms with E-state index < -0.39 is 6.04 Å². The zero-order chi connectivity index (χ0) is 13.1. The van der Waals surface area contributed by atoms with E-state index in [9.17, 15) is 9.90 Å². The van der Waals surface area contributed by atoms with Gasteiger partial charge in [0.05, 0.1) is 6.04 Å². The van der Waals surface area contributed by atoms with Crippen molar-refractivity contribution in [1.82, 2.24) is 0 Å². The number of anilines is 1. The van der Waals surface area contributed by atoms with E-state index in [1.807, 2.05) is 19.1 Å². The van der Waals surface area contributed by atoms with Crippen LogP contribution in [0.15, 0.2) is 36.4 Å². The van der Waals surface area contributed by atoms with Crippen LogP contribution < -0.4 is 11.1 Å². The summed E-state index contributed by atoms with van der Waals surface area (Å²) in [6.07, 6.45) is 0.585. The van der Waals surface area contributed by atoms with E-state index in [0.717, 1.165) is 10.8 Å². The SMILES string of the molecule is CCC(N)C(=O)Nc1cccc2ccc(O)cc12. The van der Waals surface area contributed by atoms with Crippen molar-refractivity contribution in [2.24, 2.45) is 5.73 Å². The van der Waals surface area contributed by atoms with Gasteiger partial charge in [-0.3, -0.25) is 4.79 Å². The van der Waals surface area contributed by atoms with Crippen LogP contribution in [0, 0.1) is 0 Å². The van der Waals surface area contributed by atoms with E-state index in [1.54, 1.807) is 24.3 Å². The van der Waals surface area contributed by atoms with E-state index in [0.29, 0.717) is 12.1 Å². The number of carbonyl (C=O) groups excluding carboxylic acids is 1. The van der Waals surface area contributed by atoms with Gasteiger partial charge >= 0.3 is 0 Å². The molecule has 18 heavy (non-hydrogen) atoms. The highest BCUT2D eigenvalue weighted by atomic mass is 16.3. The van der Waals surface area contributed by atoms with Gasteiger partial charge in [-0.2, -0.15) is 0 Å². The first-order valence-electron chi connectivity index (χ1n) is 5.90. The normalized spacial score (nSPS) is 12.3. The third-order valence-corrected chi connectivity index (χ3v) is 2.90.